The number of aryl methyl sites for hydroxylation is 1. The van der Waals surface area contributed by atoms with E-state index in [1.54, 1.807) is 46.5 Å². The van der Waals surface area contributed by atoms with Crippen LogP contribution in [0.2, 0.25) is 0 Å². The molecule has 0 spiro atoms. The molecule has 1 N–H and O–H groups in total. The number of amides is 1. The highest BCUT2D eigenvalue weighted by Crippen LogP contribution is 2.12. The number of hydrogen-bond acceptors (Lipinski definition) is 5. The van der Waals surface area contributed by atoms with Crippen LogP contribution < -0.4 is 5.32 Å². The first-order chi connectivity index (χ1) is 12.6. The van der Waals surface area contributed by atoms with Crippen molar-refractivity contribution in [3.8, 4) is 5.69 Å². The highest BCUT2D eigenvalue weighted by atomic mass is 32.1. The molecule has 0 bridgehead atoms. The van der Waals surface area contributed by atoms with E-state index in [-0.39, 0.29) is 12.5 Å². The summed E-state index contributed by atoms with van der Waals surface area (Å²) in [7, 11) is 0. The Kier molecular flexibility index (Phi) is 5.80. The van der Waals surface area contributed by atoms with Crippen LogP contribution in [0.5, 0.6) is 0 Å². The number of nitrogens with one attached hydrogen (secondary N) is 1. The highest BCUT2D eigenvalue weighted by molar-refractivity contribution is 7.09. The smallest absolute Gasteiger partial charge is 0.338 e. The van der Waals surface area contributed by atoms with E-state index in [4.69, 9.17) is 4.74 Å². The van der Waals surface area contributed by atoms with Crippen molar-refractivity contribution >= 4 is 23.2 Å². The molecule has 0 aliphatic rings. The molecule has 0 radical (unpaired) electrons. The zero-order chi connectivity index (χ0) is 18.4. The van der Waals surface area contributed by atoms with Crippen LogP contribution in [-0.4, -0.2) is 34.8 Å². The topological polar surface area (TPSA) is 73.2 Å². The van der Waals surface area contributed by atoms with Crippen molar-refractivity contribution in [1.82, 2.24) is 15.1 Å². The predicted octanol–water partition coefficient (Wildman–Crippen LogP) is 2.76. The van der Waals surface area contributed by atoms with Gasteiger partial charge in [0.05, 0.1) is 11.3 Å². The summed E-state index contributed by atoms with van der Waals surface area (Å²) in [5.74, 6) is -0.833. The van der Waals surface area contributed by atoms with Gasteiger partial charge in [-0.15, -0.1) is 11.3 Å². The fourth-order valence-electron chi connectivity index (χ4n) is 2.42. The van der Waals surface area contributed by atoms with Crippen LogP contribution in [0.4, 0.5) is 0 Å². The maximum Gasteiger partial charge on any atom is 0.338 e. The summed E-state index contributed by atoms with van der Waals surface area (Å²) in [5, 5.41) is 8.95. The third-order valence-electron chi connectivity index (χ3n) is 3.79. The zero-order valence-corrected chi connectivity index (χ0v) is 15.2. The molecule has 6 nitrogen and oxygen atoms in total. The first-order valence-corrected chi connectivity index (χ1v) is 9.09. The van der Waals surface area contributed by atoms with Crippen molar-refractivity contribution in [2.24, 2.45) is 0 Å². The van der Waals surface area contributed by atoms with Gasteiger partial charge in [0.2, 0.25) is 0 Å². The van der Waals surface area contributed by atoms with Gasteiger partial charge in [0, 0.05) is 23.3 Å². The molecule has 3 aromatic rings. The third-order valence-corrected chi connectivity index (χ3v) is 4.72. The second-order valence-corrected chi connectivity index (χ2v) is 6.72. The van der Waals surface area contributed by atoms with Gasteiger partial charge in [-0.25, -0.2) is 9.48 Å². The minimum Gasteiger partial charge on any atom is -0.452 e. The van der Waals surface area contributed by atoms with E-state index in [1.807, 2.05) is 30.5 Å². The molecule has 0 aliphatic heterocycles. The molecule has 0 atom stereocenters. The zero-order valence-electron chi connectivity index (χ0n) is 14.3. The standard InChI is InChI=1S/C19H19N3O3S/c1-14-8-11-21-22(14)16-6-4-15(5-7-16)19(24)25-13-18(23)20-10-9-17-3-2-12-26-17/h2-8,11-12H,9-10,13H2,1H3,(H,20,23). The van der Waals surface area contributed by atoms with E-state index >= 15 is 0 Å². The van der Waals surface area contributed by atoms with E-state index in [2.05, 4.69) is 10.4 Å². The average Bonchev–Trinajstić information content (AvgIpc) is 3.31. The van der Waals surface area contributed by atoms with E-state index in [0.717, 1.165) is 17.8 Å². The number of benzene rings is 1. The van der Waals surface area contributed by atoms with Gasteiger partial charge in [-0.05, 0) is 55.1 Å². The van der Waals surface area contributed by atoms with E-state index in [9.17, 15) is 9.59 Å². The monoisotopic (exact) mass is 369 g/mol. The molecule has 1 amide bonds. The van der Waals surface area contributed by atoms with E-state index in [1.165, 1.54) is 4.88 Å². The second-order valence-electron chi connectivity index (χ2n) is 5.69. The molecule has 0 unspecified atom stereocenters. The van der Waals surface area contributed by atoms with Crippen LogP contribution in [-0.2, 0) is 16.0 Å². The van der Waals surface area contributed by atoms with Gasteiger partial charge in [-0.3, -0.25) is 4.79 Å². The van der Waals surface area contributed by atoms with Crippen molar-refractivity contribution in [2.45, 2.75) is 13.3 Å². The molecule has 0 fully saturated rings. The van der Waals surface area contributed by atoms with E-state index < -0.39 is 5.97 Å². The summed E-state index contributed by atoms with van der Waals surface area (Å²) in [6, 6.07) is 12.8. The lowest BCUT2D eigenvalue weighted by Gasteiger charge is -2.08. The molecule has 0 saturated carbocycles. The quantitative estimate of drug-likeness (QED) is 0.650. The normalized spacial score (nSPS) is 10.5. The number of ether oxygens (including phenoxy) is 1. The minimum absolute atomic E-state index is 0.288. The molecule has 26 heavy (non-hydrogen) atoms. The number of thiophene rings is 1. The van der Waals surface area contributed by atoms with Crippen molar-refractivity contribution in [3.63, 3.8) is 0 Å². The van der Waals surface area contributed by atoms with Crippen molar-refractivity contribution in [2.75, 3.05) is 13.2 Å². The van der Waals surface area contributed by atoms with Crippen LogP contribution >= 0.6 is 11.3 Å². The molecule has 1 aromatic carbocycles. The van der Waals surface area contributed by atoms with Gasteiger partial charge in [-0.1, -0.05) is 6.07 Å². The van der Waals surface area contributed by atoms with Gasteiger partial charge in [0.25, 0.3) is 5.91 Å². The fourth-order valence-corrected chi connectivity index (χ4v) is 3.13. The number of carbonyl (C=O) groups is 2. The maximum absolute atomic E-state index is 12.1. The lowest BCUT2D eigenvalue weighted by atomic mass is 10.2. The molecular weight excluding hydrogens is 350 g/mol. The van der Waals surface area contributed by atoms with Crippen molar-refractivity contribution in [1.29, 1.82) is 0 Å². The summed E-state index contributed by atoms with van der Waals surface area (Å²) in [4.78, 5) is 25.0. The number of hydrogen-bond donors (Lipinski definition) is 1. The Balaban J connectivity index is 1.45. The summed E-state index contributed by atoms with van der Waals surface area (Å²) in [5.41, 5.74) is 2.25. The maximum atomic E-state index is 12.1. The Labute approximate surface area is 155 Å². The van der Waals surface area contributed by atoms with Crippen LogP contribution in [0.15, 0.2) is 54.0 Å². The summed E-state index contributed by atoms with van der Waals surface area (Å²) >= 11 is 1.65. The van der Waals surface area contributed by atoms with Crippen molar-refractivity contribution < 1.29 is 14.3 Å². The Hall–Kier alpha value is -2.93. The van der Waals surface area contributed by atoms with Gasteiger partial charge < -0.3 is 10.1 Å². The van der Waals surface area contributed by atoms with Crippen molar-refractivity contribution in [3.05, 3.63) is 70.2 Å². The Morgan fingerprint density at radius 1 is 1.19 bits per heavy atom. The third kappa shape index (κ3) is 4.58. The van der Waals surface area contributed by atoms with E-state index in [0.29, 0.717) is 12.1 Å². The highest BCUT2D eigenvalue weighted by Gasteiger charge is 2.11. The van der Waals surface area contributed by atoms with Gasteiger partial charge in [0.15, 0.2) is 6.61 Å². The van der Waals surface area contributed by atoms with Gasteiger partial charge >= 0.3 is 5.97 Å². The molecule has 2 heterocycles. The van der Waals surface area contributed by atoms with Crippen LogP contribution in [0.3, 0.4) is 0 Å². The van der Waals surface area contributed by atoms with Crippen LogP contribution in [0, 0.1) is 6.92 Å². The molecule has 0 saturated heterocycles. The predicted molar refractivity (Wildman–Crippen MR) is 99.6 cm³/mol. The molecule has 134 valence electrons. The molecule has 3 rings (SSSR count). The summed E-state index contributed by atoms with van der Waals surface area (Å²) in [6.07, 6.45) is 2.49. The molecule has 7 heteroatoms. The Morgan fingerprint density at radius 2 is 2.00 bits per heavy atom. The fraction of sp³-hybridized carbons (Fsp3) is 0.211. The first-order valence-electron chi connectivity index (χ1n) is 8.21. The minimum atomic E-state index is -0.526. The lowest BCUT2D eigenvalue weighted by Crippen LogP contribution is -2.30. The lowest BCUT2D eigenvalue weighted by molar-refractivity contribution is -0.124. The number of aromatic nitrogens is 2. The van der Waals surface area contributed by atoms with Gasteiger partial charge in [0.1, 0.15) is 0 Å². The summed E-state index contributed by atoms with van der Waals surface area (Å²) in [6.45, 7) is 2.18. The SMILES string of the molecule is Cc1ccnn1-c1ccc(C(=O)OCC(=O)NCCc2cccs2)cc1. The summed E-state index contributed by atoms with van der Waals surface area (Å²) < 4.78 is 6.84. The number of carbonyl (C=O) groups excluding carboxylic acids is 2. The average molecular weight is 369 g/mol. The number of rotatable bonds is 7. The van der Waals surface area contributed by atoms with Gasteiger partial charge in [-0.2, -0.15) is 5.10 Å². The molecule has 0 aliphatic carbocycles. The Bertz CT molecular complexity index is 870. The number of nitrogens with zero attached hydrogens (tertiary/aromatic N) is 2. The Morgan fingerprint density at radius 3 is 2.65 bits per heavy atom. The van der Waals surface area contributed by atoms with Crippen LogP contribution in [0.1, 0.15) is 20.9 Å². The molecular formula is C19H19N3O3S. The second kappa shape index (κ2) is 8.44. The number of esters is 1. The largest absolute Gasteiger partial charge is 0.452 e. The molecule has 2 aromatic heterocycles. The first kappa shape index (κ1) is 17.9. The van der Waals surface area contributed by atoms with Crippen LogP contribution in [0.25, 0.3) is 5.69 Å².